The predicted octanol–water partition coefficient (Wildman–Crippen LogP) is 0.546. The summed E-state index contributed by atoms with van der Waals surface area (Å²) in [5.74, 6) is 0. The molecule has 0 aromatic rings. The molecule has 2 heteroatoms. The second-order valence-corrected chi connectivity index (χ2v) is 0.840. The highest BCUT2D eigenvalue weighted by Crippen LogP contribution is 1.68. The second-order valence-electron chi connectivity index (χ2n) is 0.840. The molecule has 6 heavy (non-hydrogen) atoms. The first kappa shape index (κ1) is 5.38. The maximum atomic E-state index is 9.25. The third-order valence-corrected chi connectivity index (χ3v) is 0.338. The Kier molecular flexibility index (Phi) is 3.93. The first-order valence-electron chi connectivity index (χ1n) is 1.73. The van der Waals surface area contributed by atoms with Gasteiger partial charge in [-0.15, -0.1) is 0 Å². The molecule has 0 aromatic heterocycles. The van der Waals surface area contributed by atoms with Crippen LogP contribution in [0, 0.1) is 6.42 Å². The first-order valence-corrected chi connectivity index (χ1v) is 1.73. The van der Waals surface area contributed by atoms with E-state index >= 15 is 0 Å². The molecule has 0 rings (SSSR count). The van der Waals surface area contributed by atoms with Gasteiger partial charge in [-0.05, 0) is 6.42 Å². The average Bonchev–Trinajstić information content (AvgIpc) is 1.61. The molecule has 33 valence electrons. The van der Waals surface area contributed by atoms with Crippen LogP contribution in [0.5, 0.6) is 0 Å². The van der Waals surface area contributed by atoms with Crippen LogP contribution in [0.1, 0.15) is 6.92 Å². The molecule has 0 aromatic carbocycles. The maximum absolute atomic E-state index is 9.25. The lowest BCUT2D eigenvalue weighted by molar-refractivity contribution is 0.563. The van der Waals surface area contributed by atoms with Crippen molar-refractivity contribution in [2.24, 2.45) is 4.99 Å². The van der Waals surface area contributed by atoms with Crippen LogP contribution in [0.2, 0.25) is 0 Å². The van der Waals surface area contributed by atoms with Crippen LogP contribution >= 0.6 is 0 Å². The molecular formula is C4H6NO. The Labute approximate surface area is 36.9 Å². The van der Waals surface area contributed by atoms with Gasteiger partial charge >= 0.3 is 0 Å². The Morgan fingerprint density at radius 3 is 2.83 bits per heavy atom. The van der Waals surface area contributed by atoms with Crippen molar-refractivity contribution >= 4 is 6.08 Å². The Bertz CT molecular complexity index is 63.9. The first-order chi connectivity index (χ1) is 2.91. The molecule has 0 aliphatic carbocycles. The van der Waals surface area contributed by atoms with Crippen molar-refractivity contribution in [2.45, 2.75) is 6.92 Å². The number of isocyanates is 1. The quantitative estimate of drug-likeness (QED) is 0.355. The molecule has 0 heterocycles. The van der Waals surface area contributed by atoms with Crippen LogP contribution in [0.4, 0.5) is 0 Å². The summed E-state index contributed by atoms with van der Waals surface area (Å²) >= 11 is 0. The van der Waals surface area contributed by atoms with E-state index in [1.165, 1.54) is 6.08 Å². The molecule has 0 N–H and O–H groups in total. The topological polar surface area (TPSA) is 29.4 Å². The normalized spacial score (nSPS) is 6.83. The summed E-state index contributed by atoms with van der Waals surface area (Å²) in [5, 5.41) is 0. The van der Waals surface area contributed by atoms with Crippen LogP contribution in [0.15, 0.2) is 4.99 Å². The predicted molar refractivity (Wildman–Crippen MR) is 23.0 cm³/mol. The van der Waals surface area contributed by atoms with Gasteiger partial charge in [-0.1, -0.05) is 6.92 Å². The zero-order valence-electron chi connectivity index (χ0n) is 3.64. The van der Waals surface area contributed by atoms with Crippen LogP contribution in [0.3, 0.4) is 0 Å². The van der Waals surface area contributed by atoms with Gasteiger partial charge in [0.2, 0.25) is 6.08 Å². The fourth-order valence-corrected chi connectivity index (χ4v) is 0.129. The van der Waals surface area contributed by atoms with Crippen molar-refractivity contribution in [3.8, 4) is 0 Å². The van der Waals surface area contributed by atoms with Gasteiger partial charge in [0.05, 0.1) is 6.54 Å². The molecule has 0 spiro atoms. The Balaban J connectivity index is 2.86. The van der Waals surface area contributed by atoms with Gasteiger partial charge in [0.25, 0.3) is 0 Å². The van der Waals surface area contributed by atoms with E-state index in [1.807, 2.05) is 6.92 Å². The fraction of sp³-hybridized carbons (Fsp3) is 0.500. The van der Waals surface area contributed by atoms with E-state index in [2.05, 4.69) is 4.99 Å². The molecular weight excluding hydrogens is 78.0 g/mol. The molecule has 0 unspecified atom stereocenters. The van der Waals surface area contributed by atoms with E-state index in [0.29, 0.717) is 6.54 Å². The van der Waals surface area contributed by atoms with Crippen LogP contribution < -0.4 is 0 Å². The lowest BCUT2D eigenvalue weighted by atomic mass is 10.5. The van der Waals surface area contributed by atoms with Crippen molar-refractivity contribution in [3.05, 3.63) is 6.42 Å². The van der Waals surface area contributed by atoms with Crippen molar-refractivity contribution in [1.82, 2.24) is 0 Å². The summed E-state index contributed by atoms with van der Waals surface area (Å²) in [6.45, 7) is 2.32. The molecule has 1 radical (unpaired) electrons. The summed E-state index contributed by atoms with van der Waals surface area (Å²) in [4.78, 5) is 12.5. The van der Waals surface area contributed by atoms with Crippen molar-refractivity contribution in [2.75, 3.05) is 6.54 Å². The van der Waals surface area contributed by atoms with Gasteiger partial charge in [-0.25, -0.2) is 9.79 Å². The number of aliphatic imine (C=N–C) groups is 1. The summed E-state index contributed by atoms with van der Waals surface area (Å²) < 4.78 is 0. The average molecular weight is 84.1 g/mol. The van der Waals surface area contributed by atoms with Crippen molar-refractivity contribution in [3.63, 3.8) is 0 Å². The highest BCUT2D eigenvalue weighted by molar-refractivity contribution is 5.32. The molecule has 0 amide bonds. The van der Waals surface area contributed by atoms with Gasteiger partial charge in [-0.2, -0.15) is 0 Å². The van der Waals surface area contributed by atoms with Gasteiger partial charge < -0.3 is 0 Å². The SMILES string of the molecule is C[CH]CN=C=O. The Morgan fingerprint density at radius 1 is 2.00 bits per heavy atom. The van der Waals surface area contributed by atoms with Crippen LogP contribution in [-0.2, 0) is 4.79 Å². The summed E-state index contributed by atoms with van der Waals surface area (Å²) in [6, 6.07) is 0. The second kappa shape index (κ2) is 4.38. The minimum Gasteiger partial charge on any atom is -0.211 e. The van der Waals surface area contributed by atoms with Crippen molar-refractivity contribution in [1.29, 1.82) is 0 Å². The lowest BCUT2D eigenvalue weighted by Gasteiger charge is -1.71. The fourth-order valence-electron chi connectivity index (χ4n) is 0.129. The smallest absolute Gasteiger partial charge is 0.211 e. The van der Waals surface area contributed by atoms with E-state index in [1.54, 1.807) is 6.42 Å². The van der Waals surface area contributed by atoms with E-state index in [0.717, 1.165) is 0 Å². The zero-order valence-corrected chi connectivity index (χ0v) is 3.64. The minimum absolute atomic E-state index is 0.490. The van der Waals surface area contributed by atoms with Crippen molar-refractivity contribution < 1.29 is 4.79 Å². The van der Waals surface area contributed by atoms with Gasteiger partial charge in [-0.3, -0.25) is 0 Å². The molecule has 0 aliphatic heterocycles. The highest BCUT2D eigenvalue weighted by atomic mass is 16.1. The largest absolute Gasteiger partial charge is 0.234 e. The third-order valence-electron chi connectivity index (χ3n) is 0.338. The number of carbonyl (C=O) groups excluding carboxylic acids is 1. The van der Waals surface area contributed by atoms with Gasteiger partial charge in [0.1, 0.15) is 0 Å². The molecule has 0 saturated carbocycles. The van der Waals surface area contributed by atoms with E-state index in [-0.39, 0.29) is 0 Å². The highest BCUT2D eigenvalue weighted by Gasteiger charge is 1.66. The Morgan fingerprint density at radius 2 is 2.67 bits per heavy atom. The zero-order chi connectivity index (χ0) is 4.83. The Hall–Kier alpha value is -0.620. The molecule has 0 saturated heterocycles. The lowest BCUT2D eigenvalue weighted by Crippen LogP contribution is -1.70. The number of hydrogen-bond donors (Lipinski definition) is 0. The molecule has 0 bridgehead atoms. The van der Waals surface area contributed by atoms with Gasteiger partial charge in [0.15, 0.2) is 0 Å². The van der Waals surface area contributed by atoms with Crippen LogP contribution in [-0.4, -0.2) is 12.6 Å². The number of rotatable bonds is 2. The summed E-state index contributed by atoms with van der Waals surface area (Å²) in [7, 11) is 0. The molecule has 0 aliphatic rings. The standard InChI is InChI=1S/C4H6NO/c1-2-3-5-4-6/h2H,3H2,1H3. The number of nitrogens with zero attached hydrogens (tertiary/aromatic N) is 1. The molecule has 0 fully saturated rings. The maximum Gasteiger partial charge on any atom is 0.234 e. The third kappa shape index (κ3) is 3.38. The van der Waals surface area contributed by atoms with Crippen LogP contribution in [0.25, 0.3) is 0 Å². The molecule has 2 nitrogen and oxygen atoms in total. The van der Waals surface area contributed by atoms with E-state index in [4.69, 9.17) is 0 Å². The summed E-state index contributed by atoms with van der Waals surface area (Å²) in [6.07, 6.45) is 3.20. The van der Waals surface area contributed by atoms with Gasteiger partial charge in [0, 0.05) is 0 Å². The molecule has 0 atom stereocenters. The van der Waals surface area contributed by atoms with E-state index in [9.17, 15) is 4.79 Å². The van der Waals surface area contributed by atoms with E-state index < -0.39 is 0 Å². The summed E-state index contributed by atoms with van der Waals surface area (Å²) in [5.41, 5.74) is 0. The monoisotopic (exact) mass is 84.0 g/mol. The number of hydrogen-bond acceptors (Lipinski definition) is 2. The minimum atomic E-state index is 0.490.